The average molecular weight is 647 g/mol. The molecule has 242 valence electrons. The van der Waals surface area contributed by atoms with Crippen LogP contribution >= 0.6 is 0 Å². The first-order valence-corrected chi connectivity index (χ1v) is 14.2. The second kappa shape index (κ2) is 11.8. The molecule has 47 heavy (non-hydrogen) atoms. The van der Waals surface area contributed by atoms with Gasteiger partial charge in [0.2, 0.25) is 35.3 Å². The third-order valence-electron chi connectivity index (χ3n) is 7.25. The zero-order chi connectivity index (χ0) is 32.8. The third kappa shape index (κ3) is 5.38. The Bertz CT molecular complexity index is 2080. The summed E-state index contributed by atoms with van der Waals surface area (Å²) in [5, 5.41) is 5.61. The van der Waals surface area contributed by atoms with Gasteiger partial charge in [0.25, 0.3) is 11.8 Å². The van der Waals surface area contributed by atoms with Crippen LogP contribution in [-0.4, -0.2) is 62.2 Å². The topological polar surface area (TPSA) is 233 Å². The van der Waals surface area contributed by atoms with Crippen molar-refractivity contribution in [1.82, 2.24) is 40.5 Å². The number of nitrogens with zero attached hydrogens (tertiary/aromatic N) is 6. The maximum Gasteiger partial charge on any atom is 0.274 e. The summed E-state index contributed by atoms with van der Waals surface area (Å²) in [6.45, 7) is 5.21. The van der Waals surface area contributed by atoms with Crippen LogP contribution in [0.2, 0.25) is 0 Å². The number of oxazole rings is 6. The highest BCUT2D eigenvalue weighted by atomic mass is 16.7. The predicted octanol–water partition coefficient (Wildman–Crippen LogP) is 4.18. The van der Waals surface area contributed by atoms with Crippen molar-refractivity contribution in [3.63, 3.8) is 0 Å². The molecule has 6 aromatic heterocycles. The molecule has 7 heterocycles. The molecule has 0 fully saturated rings. The van der Waals surface area contributed by atoms with Crippen LogP contribution in [-0.2, 0) is 9.47 Å². The molecule has 7 rings (SSSR count). The van der Waals surface area contributed by atoms with E-state index in [1.54, 1.807) is 13.8 Å². The Balaban J connectivity index is 1.31. The second-order valence-corrected chi connectivity index (χ2v) is 10.3. The summed E-state index contributed by atoms with van der Waals surface area (Å²) in [5.74, 6) is 0.0337. The molecule has 0 saturated heterocycles. The van der Waals surface area contributed by atoms with Gasteiger partial charge in [-0.25, -0.2) is 29.9 Å². The number of amides is 2. The van der Waals surface area contributed by atoms with E-state index in [2.05, 4.69) is 40.5 Å². The fraction of sp³-hybridized carbons (Fsp3) is 0.310. The number of nitrogens with one attached hydrogen (secondary N) is 2. The van der Waals surface area contributed by atoms with Gasteiger partial charge in [0, 0.05) is 14.2 Å². The number of hydrogen-bond acceptors (Lipinski definition) is 16. The van der Waals surface area contributed by atoms with Crippen molar-refractivity contribution in [2.45, 2.75) is 45.6 Å². The molecule has 0 saturated carbocycles. The van der Waals surface area contributed by atoms with Crippen molar-refractivity contribution in [2.24, 2.45) is 0 Å². The summed E-state index contributed by atoms with van der Waals surface area (Å²) >= 11 is 0. The van der Waals surface area contributed by atoms with Crippen LogP contribution in [0.3, 0.4) is 0 Å². The van der Waals surface area contributed by atoms with Gasteiger partial charge in [0.15, 0.2) is 46.5 Å². The largest absolute Gasteiger partial charge is 0.446 e. The standard InChI is InChI=1S/C29H26N8O10/c1-6-13-25-36-19(12(3)46-25)28-37-18(11(2)47-28)26-32-15(8-44-26)22(39)35-20(29(40-4)41-5)27-34-17(10-45-27)24-33-16(9-43-24)23-31-14(7-42-23)21(38)30-13/h7-10,13,20,29H,6H2,1-5H3,(H,30,38)(H,35,39). The van der Waals surface area contributed by atoms with Crippen LogP contribution in [0.1, 0.15) is 69.7 Å². The number of carbonyl (C=O) groups excluding carboxylic acids is 2. The quantitative estimate of drug-likeness (QED) is 0.256. The lowest BCUT2D eigenvalue weighted by atomic mass is 10.2. The Hall–Kier alpha value is -5.88. The maximum atomic E-state index is 13.4. The summed E-state index contributed by atoms with van der Waals surface area (Å²) in [4.78, 5) is 53.0. The molecule has 18 nitrogen and oxygen atoms in total. The van der Waals surface area contributed by atoms with Gasteiger partial charge in [-0.05, 0) is 20.3 Å². The van der Waals surface area contributed by atoms with Crippen molar-refractivity contribution in [1.29, 1.82) is 0 Å². The maximum absolute atomic E-state index is 13.4. The lowest BCUT2D eigenvalue weighted by Gasteiger charge is -2.22. The zero-order valence-corrected chi connectivity index (χ0v) is 25.5. The van der Waals surface area contributed by atoms with Gasteiger partial charge >= 0.3 is 0 Å². The predicted molar refractivity (Wildman–Crippen MR) is 153 cm³/mol. The van der Waals surface area contributed by atoms with Crippen molar-refractivity contribution in [3.05, 3.63) is 59.7 Å². The molecule has 2 atom stereocenters. The highest BCUT2D eigenvalue weighted by Gasteiger charge is 2.33. The molecular formula is C29H26N8O10. The number of carbonyl (C=O) groups is 2. The van der Waals surface area contributed by atoms with E-state index in [0.29, 0.717) is 23.6 Å². The van der Waals surface area contributed by atoms with E-state index in [0.717, 1.165) is 0 Å². The Morgan fingerprint density at radius 3 is 1.91 bits per heavy atom. The first kappa shape index (κ1) is 29.8. The second-order valence-electron chi connectivity index (χ2n) is 10.3. The Morgan fingerprint density at radius 2 is 1.21 bits per heavy atom. The summed E-state index contributed by atoms with van der Waals surface area (Å²) in [6, 6.07) is -1.67. The average Bonchev–Trinajstić information content (AvgIpc) is 3.90. The lowest BCUT2D eigenvalue weighted by Crippen LogP contribution is -2.38. The number of rotatable bonds is 4. The highest BCUT2D eigenvalue weighted by Crippen LogP contribution is 2.32. The van der Waals surface area contributed by atoms with E-state index < -0.39 is 30.2 Å². The van der Waals surface area contributed by atoms with Gasteiger partial charge in [0.05, 0.1) is 0 Å². The van der Waals surface area contributed by atoms with Gasteiger partial charge in [-0.2, -0.15) is 0 Å². The van der Waals surface area contributed by atoms with Crippen LogP contribution in [0.25, 0.3) is 46.3 Å². The molecule has 2 unspecified atom stereocenters. The number of aromatic nitrogens is 6. The fourth-order valence-electron chi connectivity index (χ4n) is 4.86. The molecular weight excluding hydrogens is 620 g/mol. The number of ether oxygens (including phenoxy) is 2. The van der Waals surface area contributed by atoms with Crippen molar-refractivity contribution >= 4 is 11.8 Å². The molecule has 2 N–H and O–H groups in total. The van der Waals surface area contributed by atoms with Crippen molar-refractivity contribution in [2.75, 3.05) is 14.2 Å². The monoisotopic (exact) mass is 646 g/mol. The fourth-order valence-corrected chi connectivity index (χ4v) is 4.86. The van der Waals surface area contributed by atoms with Crippen molar-refractivity contribution < 1.29 is 45.6 Å². The van der Waals surface area contributed by atoms with E-state index in [4.69, 9.17) is 36.0 Å². The Morgan fingerprint density at radius 1 is 0.660 bits per heavy atom. The molecule has 18 heteroatoms. The zero-order valence-electron chi connectivity index (χ0n) is 25.5. The first-order chi connectivity index (χ1) is 22.8. The molecule has 0 aromatic carbocycles. The Labute approximate surface area is 263 Å². The molecule has 1 aliphatic heterocycles. The Kier molecular flexibility index (Phi) is 7.49. The molecule has 0 spiro atoms. The number of hydrogen-bond donors (Lipinski definition) is 2. The highest BCUT2D eigenvalue weighted by molar-refractivity contribution is 5.93. The van der Waals surface area contributed by atoms with Gasteiger partial charge in [-0.3, -0.25) is 9.59 Å². The normalized spacial score (nSPS) is 16.6. The SMILES string of the molecule is CCC1NC(=O)c2coc(n2)-c2coc(n2)-c2coc(n2)C(C(OC)OC)NC(=O)c2coc(n2)-c2nc(oc2C)-c2nc1oc2C. The number of fused-ring (bicyclic) bond motifs is 16. The van der Waals surface area contributed by atoms with Crippen LogP contribution in [0.15, 0.2) is 51.6 Å². The lowest BCUT2D eigenvalue weighted by molar-refractivity contribution is -0.126. The molecule has 0 radical (unpaired) electrons. The van der Waals surface area contributed by atoms with Gasteiger partial charge in [0.1, 0.15) is 42.6 Å². The first-order valence-electron chi connectivity index (χ1n) is 14.2. The van der Waals surface area contributed by atoms with E-state index in [9.17, 15) is 9.59 Å². The van der Waals surface area contributed by atoms with E-state index in [1.807, 2.05) is 6.92 Å². The van der Waals surface area contributed by atoms with E-state index in [1.165, 1.54) is 39.3 Å². The third-order valence-corrected chi connectivity index (χ3v) is 7.25. The van der Waals surface area contributed by atoms with Gasteiger partial charge < -0.3 is 46.6 Å². The van der Waals surface area contributed by atoms with Crippen LogP contribution in [0.5, 0.6) is 0 Å². The molecule has 2 amide bonds. The molecule has 12 bridgehead atoms. The minimum absolute atomic E-state index is 0.00766. The van der Waals surface area contributed by atoms with Gasteiger partial charge in [-0.15, -0.1) is 0 Å². The summed E-state index contributed by atoms with van der Waals surface area (Å²) < 4.78 is 45.0. The van der Waals surface area contributed by atoms with Crippen LogP contribution in [0, 0.1) is 13.8 Å². The number of methoxy groups -OCH3 is 2. The van der Waals surface area contributed by atoms with E-state index in [-0.39, 0.29) is 63.8 Å². The van der Waals surface area contributed by atoms with Crippen molar-refractivity contribution in [3.8, 4) is 46.3 Å². The number of aryl methyl sites for hydroxylation is 2. The summed E-state index contributed by atoms with van der Waals surface area (Å²) in [6.07, 6.45) is 4.35. The summed E-state index contributed by atoms with van der Waals surface area (Å²) in [5.41, 5.74) is 0.840. The van der Waals surface area contributed by atoms with Gasteiger partial charge in [-0.1, -0.05) is 6.92 Å². The van der Waals surface area contributed by atoms with Crippen LogP contribution in [0.4, 0.5) is 0 Å². The summed E-state index contributed by atoms with van der Waals surface area (Å²) in [7, 11) is 2.78. The molecule has 0 aliphatic carbocycles. The van der Waals surface area contributed by atoms with Crippen LogP contribution < -0.4 is 10.6 Å². The minimum atomic E-state index is -1.05. The smallest absolute Gasteiger partial charge is 0.274 e. The van der Waals surface area contributed by atoms with E-state index >= 15 is 0 Å². The molecule has 6 aromatic rings. The minimum Gasteiger partial charge on any atom is -0.446 e. The molecule has 1 aliphatic rings.